The Balaban J connectivity index is 1.95. The zero-order chi connectivity index (χ0) is 22.3. The first-order valence-electron chi connectivity index (χ1n) is 10.0. The minimum Gasteiger partial charge on any atom is -0.481 e. The van der Waals surface area contributed by atoms with Gasteiger partial charge in [-0.15, -0.1) is 0 Å². The molecule has 1 heterocycles. The standard InChI is InChI=1S/C22H29N3O5/c1-22(2,3)21(29)25-19(23)14-9-10-16-15(12-14)13-17(30-16)20(28)24-11-7-5-4-6-8-18(26)27/h9-10,12-13H,4-8,11H2,1-3H3,(H,24,28)(H,26,27)(H2,23,25,29). The van der Waals surface area contributed by atoms with Crippen molar-refractivity contribution in [1.29, 1.82) is 0 Å². The third kappa shape index (κ3) is 6.72. The van der Waals surface area contributed by atoms with Gasteiger partial charge >= 0.3 is 5.97 Å². The van der Waals surface area contributed by atoms with E-state index in [1.807, 2.05) is 0 Å². The van der Waals surface area contributed by atoms with Crippen LogP contribution >= 0.6 is 0 Å². The number of carbonyl (C=O) groups is 3. The van der Waals surface area contributed by atoms with Crippen LogP contribution in [0.4, 0.5) is 0 Å². The van der Waals surface area contributed by atoms with Gasteiger partial charge in [-0.3, -0.25) is 14.4 Å². The number of nitrogens with two attached hydrogens (primary N) is 1. The summed E-state index contributed by atoms with van der Waals surface area (Å²) in [5.41, 5.74) is 6.46. The molecule has 162 valence electrons. The molecule has 2 amide bonds. The number of nitrogens with zero attached hydrogens (tertiary/aromatic N) is 1. The minimum absolute atomic E-state index is 0.118. The third-order valence-electron chi connectivity index (χ3n) is 4.50. The SMILES string of the molecule is CC(C)(C)C(=O)N=C(N)c1ccc2oc(C(=O)NCCCCCCC(=O)O)cc2c1. The first kappa shape index (κ1) is 23.1. The molecular weight excluding hydrogens is 386 g/mol. The quantitative estimate of drug-likeness (QED) is 0.326. The highest BCUT2D eigenvalue weighted by molar-refractivity contribution is 6.07. The number of hydrogen-bond acceptors (Lipinski definition) is 4. The normalized spacial score (nSPS) is 12.2. The molecule has 8 nitrogen and oxygen atoms in total. The molecule has 8 heteroatoms. The first-order valence-corrected chi connectivity index (χ1v) is 10.0. The van der Waals surface area contributed by atoms with Crippen LogP contribution in [-0.4, -0.2) is 35.3 Å². The summed E-state index contributed by atoms with van der Waals surface area (Å²) in [5.74, 6) is -1.11. The number of benzene rings is 1. The summed E-state index contributed by atoms with van der Waals surface area (Å²) in [7, 11) is 0. The van der Waals surface area contributed by atoms with Gasteiger partial charge in [0, 0.05) is 29.3 Å². The van der Waals surface area contributed by atoms with Crippen LogP contribution in [0.25, 0.3) is 11.0 Å². The minimum atomic E-state index is -0.787. The number of hydrogen-bond donors (Lipinski definition) is 3. The highest BCUT2D eigenvalue weighted by Gasteiger charge is 2.21. The van der Waals surface area contributed by atoms with E-state index < -0.39 is 11.4 Å². The summed E-state index contributed by atoms with van der Waals surface area (Å²) in [6.07, 6.45) is 3.25. The number of aliphatic carboxylic acids is 1. The van der Waals surface area contributed by atoms with Crippen molar-refractivity contribution in [2.24, 2.45) is 16.1 Å². The van der Waals surface area contributed by atoms with E-state index >= 15 is 0 Å². The van der Waals surface area contributed by atoms with Crippen LogP contribution in [0, 0.1) is 5.41 Å². The van der Waals surface area contributed by atoms with Crippen LogP contribution in [0.15, 0.2) is 33.7 Å². The van der Waals surface area contributed by atoms with E-state index in [0.717, 1.165) is 19.3 Å². The van der Waals surface area contributed by atoms with Gasteiger partial charge in [0.05, 0.1) is 0 Å². The van der Waals surface area contributed by atoms with Gasteiger partial charge in [-0.2, -0.15) is 4.99 Å². The zero-order valence-corrected chi connectivity index (χ0v) is 17.7. The van der Waals surface area contributed by atoms with Crippen molar-refractivity contribution in [3.05, 3.63) is 35.6 Å². The van der Waals surface area contributed by atoms with Gasteiger partial charge in [0.15, 0.2) is 5.76 Å². The lowest BCUT2D eigenvalue weighted by Gasteiger charge is -2.12. The fourth-order valence-corrected chi connectivity index (χ4v) is 2.70. The van der Waals surface area contributed by atoms with Crippen LogP contribution < -0.4 is 11.1 Å². The molecule has 0 aliphatic rings. The Labute approximate surface area is 175 Å². The van der Waals surface area contributed by atoms with Gasteiger partial charge in [-0.25, -0.2) is 0 Å². The van der Waals surface area contributed by atoms with Crippen molar-refractivity contribution in [2.45, 2.75) is 52.9 Å². The van der Waals surface area contributed by atoms with Crippen LogP contribution in [-0.2, 0) is 9.59 Å². The predicted molar refractivity (Wildman–Crippen MR) is 114 cm³/mol. The Morgan fingerprint density at radius 2 is 1.80 bits per heavy atom. The molecule has 0 saturated heterocycles. The highest BCUT2D eigenvalue weighted by Crippen LogP contribution is 2.22. The number of carbonyl (C=O) groups excluding carboxylic acids is 2. The van der Waals surface area contributed by atoms with Crippen molar-refractivity contribution < 1.29 is 23.9 Å². The Hall–Kier alpha value is -3.16. The van der Waals surface area contributed by atoms with Crippen LogP contribution in [0.5, 0.6) is 0 Å². The summed E-state index contributed by atoms with van der Waals surface area (Å²) < 4.78 is 5.60. The summed E-state index contributed by atoms with van der Waals surface area (Å²) in [5, 5.41) is 12.1. The highest BCUT2D eigenvalue weighted by atomic mass is 16.4. The molecule has 1 aromatic carbocycles. The average molecular weight is 415 g/mol. The molecule has 2 rings (SSSR count). The molecule has 4 N–H and O–H groups in total. The van der Waals surface area contributed by atoms with Gasteiger partial charge in [0.2, 0.25) is 0 Å². The molecule has 0 unspecified atom stereocenters. The van der Waals surface area contributed by atoms with E-state index in [1.54, 1.807) is 45.0 Å². The fraction of sp³-hybridized carbons (Fsp3) is 0.455. The molecule has 0 bridgehead atoms. The number of rotatable bonds is 9. The molecule has 0 atom stereocenters. The predicted octanol–water partition coefficient (Wildman–Crippen LogP) is 3.48. The lowest BCUT2D eigenvalue weighted by molar-refractivity contribution is -0.137. The third-order valence-corrected chi connectivity index (χ3v) is 4.50. The second-order valence-electron chi connectivity index (χ2n) is 8.23. The maximum atomic E-state index is 12.3. The molecule has 0 aliphatic carbocycles. The smallest absolute Gasteiger partial charge is 0.303 e. The topological polar surface area (TPSA) is 135 Å². The maximum absolute atomic E-state index is 12.3. The number of aliphatic imine (C=N–C) groups is 1. The summed E-state index contributed by atoms with van der Waals surface area (Å²) >= 11 is 0. The maximum Gasteiger partial charge on any atom is 0.303 e. The fourth-order valence-electron chi connectivity index (χ4n) is 2.70. The van der Waals surface area contributed by atoms with E-state index in [9.17, 15) is 14.4 Å². The van der Waals surface area contributed by atoms with Crippen molar-refractivity contribution in [2.75, 3.05) is 6.54 Å². The molecule has 0 fully saturated rings. The van der Waals surface area contributed by atoms with Gasteiger partial charge in [0.1, 0.15) is 11.4 Å². The van der Waals surface area contributed by atoms with Crippen molar-refractivity contribution in [1.82, 2.24) is 5.32 Å². The second-order valence-corrected chi connectivity index (χ2v) is 8.23. The first-order chi connectivity index (χ1) is 14.1. The number of amides is 2. The zero-order valence-electron chi connectivity index (χ0n) is 17.7. The molecule has 0 spiro atoms. The number of amidine groups is 1. The molecule has 0 aliphatic heterocycles. The van der Waals surface area contributed by atoms with Crippen LogP contribution in [0.3, 0.4) is 0 Å². The van der Waals surface area contributed by atoms with E-state index in [1.165, 1.54) is 0 Å². The number of unbranched alkanes of at least 4 members (excludes halogenated alkanes) is 3. The van der Waals surface area contributed by atoms with E-state index in [0.29, 0.717) is 29.5 Å². The van der Waals surface area contributed by atoms with Crippen molar-refractivity contribution in [3.8, 4) is 0 Å². The number of carboxylic acid groups (broad SMARTS) is 1. The lowest BCUT2D eigenvalue weighted by atomic mass is 9.96. The van der Waals surface area contributed by atoms with E-state index in [-0.39, 0.29) is 29.8 Å². The average Bonchev–Trinajstić information content (AvgIpc) is 3.09. The van der Waals surface area contributed by atoms with Gasteiger partial charge < -0.3 is 20.6 Å². The molecule has 30 heavy (non-hydrogen) atoms. The van der Waals surface area contributed by atoms with Gasteiger partial charge in [0.25, 0.3) is 11.8 Å². The van der Waals surface area contributed by atoms with E-state index in [4.69, 9.17) is 15.3 Å². The molecule has 0 radical (unpaired) electrons. The summed E-state index contributed by atoms with van der Waals surface area (Å²) in [6.45, 7) is 5.80. The summed E-state index contributed by atoms with van der Waals surface area (Å²) in [4.78, 5) is 38.8. The van der Waals surface area contributed by atoms with Gasteiger partial charge in [-0.1, -0.05) is 33.6 Å². The number of carboxylic acids is 1. The van der Waals surface area contributed by atoms with Gasteiger partial charge in [-0.05, 0) is 37.1 Å². The number of fused-ring (bicyclic) bond motifs is 1. The molecule has 2 aromatic rings. The van der Waals surface area contributed by atoms with E-state index in [2.05, 4.69) is 10.3 Å². The second kappa shape index (κ2) is 10.0. The van der Waals surface area contributed by atoms with Crippen molar-refractivity contribution >= 4 is 34.6 Å². The largest absolute Gasteiger partial charge is 0.481 e. The Bertz CT molecular complexity index is 953. The molecule has 0 saturated carbocycles. The molecule has 1 aromatic heterocycles. The Morgan fingerprint density at radius 1 is 1.10 bits per heavy atom. The lowest BCUT2D eigenvalue weighted by Crippen LogP contribution is -2.23. The van der Waals surface area contributed by atoms with Crippen LogP contribution in [0.2, 0.25) is 0 Å². The Kier molecular flexibility index (Phi) is 7.74. The number of furan rings is 1. The monoisotopic (exact) mass is 415 g/mol. The number of nitrogens with one attached hydrogen (secondary N) is 1. The van der Waals surface area contributed by atoms with Crippen LogP contribution in [0.1, 0.15) is 69.0 Å². The molecular formula is C22H29N3O5. The Morgan fingerprint density at radius 3 is 2.47 bits per heavy atom. The van der Waals surface area contributed by atoms with Crippen molar-refractivity contribution in [3.63, 3.8) is 0 Å². The summed E-state index contributed by atoms with van der Waals surface area (Å²) in [6, 6.07) is 6.74.